The van der Waals surface area contributed by atoms with Gasteiger partial charge in [-0.3, -0.25) is 0 Å². The second-order valence-corrected chi connectivity index (χ2v) is 5.55. The third-order valence-corrected chi connectivity index (χ3v) is 2.28. The fourth-order valence-corrected chi connectivity index (χ4v) is 1.30. The van der Waals surface area contributed by atoms with Crippen LogP contribution in [0.3, 0.4) is 0 Å². The van der Waals surface area contributed by atoms with Crippen LogP contribution in [0.1, 0.15) is 41.0 Å². The number of nitrogens with zero attached hydrogens (tertiary/aromatic N) is 1. The van der Waals surface area contributed by atoms with Gasteiger partial charge in [0, 0.05) is 12.6 Å². The summed E-state index contributed by atoms with van der Waals surface area (Å²) >= 11 is 0. The lowest BCUT2D eigenvalue weighted by Crippen LogP contribution is -2.43. The van der Waals surface area contributed by atoms with Crippen LogP contribution in [0.4, 0.5) is 13.6 Å². The van der Waals surface area contributed by atoms with E-state index in [1.807, 2.05) is 0 Å². The van der Waals surface area contributed by atoms with Gasteiger partial charge in [-0.1, -0.05) is 0 Å². The number of carbonyl (C=O) groups is 1. The van der Waals surface area contributed by atoms with Gasteiger partial charge in [-0.2, -0.15) is 0 Å². The molecule has 0 aromatic rings. The van der Waals surface area contributed by atoms with Crippen LogP contribution in [0.5, 0.6) is 0 Å². The molecule has 0 saturated heterocycles. The number of ether oxygens (including phenoxy) is 1. The third kappa shape index (κ3) is 6.74. The van der Waals surface area contributed by atoms with E-state index in [4.69, 9.17) is 10.5 Å². The van der Waals surface area contributed by atoms with Crippen LogP contribution in [0.15, 0.2) is 0 Å². The molecule has 0 spiro atoms. The van der Waals surface area contributed by atoms with Crippen LogP contribution in [0, 0.1) is 0 Å². The maximum absolute atomic E-state index is 12.3. The molecule has 0 rings (SSSR count). The monoisotopic (exact) mass is 266 g/mol. The van der Waals surface area contributed by atoms with Crippen LogP contribution in [-0.4, -0.2) is 41.6 Å². The molecule has 0 heterocycles. The molecular formula is C12H24F2N2O2. The maximum Gasteiger partial charge on any atom is 0.410 e. The van der Waals surface area contributed by atoms with Gasteiger partial charge in [0.05, 0.1) is 6.04 Å². The molecule has 0 saturated carbocycles. The van der Waals surface area contributed by atoms with Crippen molar-refractivity contribution in [2.75, 3.05) is 6.54 Å². The van der Waals surface area contributed by atoms with Crippen LogP contribution in [0.25, 0.3) is 0 Å². The molecule has 0 aliphatic carbocycles. The lowest BCUT2D eigenvalue weighted by molar-refractivity contribution is 0.0165. The van der Waals surface area contributed by atoms with Gasteiger partial charge in [0.1, 0.15) is 5.60 Å². The van der Waals surface area contributed by atoms with Crippen molar-refractivity contribution in [3.8, 4) is 0 Å². The van der Waals surface area contributed by atoms with E-state index < -0.39 is 24.2 Å². The summed E-state index contributed by atoms with van der Waals surface area (Å²) < 4.78 is 29.8. The van der Waals surface area contributed by atoms with Crippen molar-refractivity contribution >= 4 is 6.09 Å². The molecule has 2 N–H and O–H groups in total. The van der Waals surface area contributed by atoms with Crippen molar-refractivity contribution in [1.29, 1.82) is 0 Å². The quantitative estimate of drug-likeness (QED) is 0.832. The Balaban J connectivity index is 4.44. The van der Waals surface area contributed by atoms with E-state index in [9.17, 15) is 13.6 Å². The number of nitrogens with two attached hydrogens (primary N) is 1. The highest BCUT2D eigenvalue weighted by Gasteiger charge is 2.25. The second kappa shape index (κ2) is 6.87. The zero-order chi connectivity index (χ0) is 14.5. The maximum atomic E-state index is 12.3. The molecule has 0 aliphatic heterocycles. The van der Waals surface area contributed by atoms with E-state index in [1.54, 1.807) is 34.6 Å². The highest BCUT2D eigenvalue weighted by Crippen LogP contribution is 2.13. The third-order valence-electron chi connectivity index (χ3n) is 2.28. The smallest absolute Gasteiger partial charge is 0.410 e. The molecule has 6 heteroatoms. The molecule has 0 bridgehead atoms. The van der Waals surface area contributed by atoms with Crippen molar-refractivity contribution in [1.82, 2.24) is 4.90 Å². The first kappa shape index (κ1) is 17.1. The average molecular weight is 266 g/mol. The minimum absolute atomic E-state index is 0.0507. The van der Waals surface area contributed by atoms with E-state index in [0.717, 1.165) is 0 Å². The minimum Gasteiger partial charge on any atom is -0.444 e. The summed E-state index contributed by atoms with van der Waals surface area (Å²) in [5, 5.41) is 0. The molecule has 0 fully saturated rings. The zero-order valence-electron chi connectivity index (χ0n) is 11.7. The van der Waals surface area contributed by atoms with Crippen molar-refractivity contribution in [2.45, 2.75) is 65.1 Å². The predicted octanol–water partition coefficient (Wildman–Crippen LogP) is 2.61. The van der Waals surface area contributed by atoms with Crippen LogP contribution in [0.2, 0.25) is 0 Å². The summed E-state index contributed by atoms with van der Waals surface area (Å²) in [6.45, 7) is 9.05. The summed E-state index contributed by atoms with van der Waals surface area (Å²) in [5.74, 6) is 0. The lowest BCUT2D eigenvalue weighted by atomic mass is 10.2. The van der Waals surface area contributed by atoms with Crippen LogP contribution < -0.4 is 5.73 Å². The van der Waals surface area contributed by atoms with Gasteiger partial charge >= 0.3 is 6.09 Å². The van der Waals surface area contributed by atoms with Gasteiger partial charge in [-0.15, -0.1) is 0 Å². The van der Waals surface area contributed by atoms with Gasteiger partial charge in [-0.05, 0) is 41.0 Å². The molecule has 0 aromatic heterocycles. The molecule has 4 nitrogen and oxygen atoms in total. The molecule has 1 amide bonds. The molecular weight excluding hydrogens is 242 g/mol. The Labute approximate surface area is 107 Å². The molecule has 0 radical (unpaired) electrons. The van der Waals surface area contributed by atoms with Gasteiger partial charge < -0.3 is 15.4 Å². The molecule has 1 unspecified atom stereocenters. The number of amides is 1. The van der Waals surface area contributed by atoms with E-state index in [0.29, 0.717) is 0 Å². The first-order chi connectivity index (χ1) is 8.04. The number of rotatable bonds is 5. The Morgan fingerprint density at radius 2 is 1.83 bits per heavy atom. The molecule has 0 aromatic carbocycles. The van der Waals surface area contributed by atoms with Gasteiger partial charge in [-0.25, -0.2) is 13.6 Å². The normalized spacial score (nSPS) is 13.9. The summed E-state index contributed by atoms with van der Waals surface area (Å²) in [6.07, 6.45) is -3.02. The van der Waals surface area contributed by atoms with Gasteiger partial charge in [0.15, 0.2) is 0 Å². The minimum atomic E-state index is -2.57. The Morgan fingerprint density at radius 1 is 1.33 bits per heavy atom. The Bertz CT molecular complexity index is 265. The van der Waals surface area contributed by atoms with E-state index in [2.05, 4.69) is 0 Å². The summed E-state index contributed by atoms with van der Waals surface area (Å²) in [4.78, 5) is 13.3. The van der Waals surface area contributed by atoms with Crippen LogP contribution >= 0.6 is 0 Å². The van der Waals surface area contributed by atoms with Crippen molar-refractivity contribution in [3.63, 3.8) is 0 Å². The predicted molar refractivity (Wildman–Crippen MR) is 66.7 cm³/mol. The number of halogens is 2. The largest absolute Gasteiger partial charge is 0.444 e. The Hall–Kier alpha value is -0.910. The molecule has 108 valence electrons. The number of alkyl halides is 2. The SMILES string of the molecule is CC(C)N(CCC(N)C(F)F)C(=O)OC(C)(C)C. The fourth-order valence-electron chi connectivity index (χ4n) is 1.30. The number of carbonyl (C=O) groups excluding carboxylic acids is 1. The van der Waals surface area contributed by atoms with Gasteiger partial charge in [0.2, 0.25) is 0 Å². The van der Waals surface area contributed by atoms with Crippen LogP contribution in [-0.2, 0) is 4.74 Å². The molecule has 1 atom stereocenters. The Morgan fingerprint density at radius 3 is 2.17 bits per heavy atom. The highest BCUT2D eigenvalue weighted by atomic mass is 19.3. The fraction of sp³-hybridized carbons (Fsp3) is 0.917. The average Bonchev–Trinajstić information content (AvgIpc) is 2.13. The lowest BCUT2D eigenvalue weighted by Gasteiger charge is -2.30. The van der Waals surface area contributed by atoms with E-state index >= 15 is 0 Å². The number of hydrogen-bond acceptors (Lipinski definition) is 3. The summed E-state index contributed by atoms with van der Waals surface area (Å²) in [7, 11) is 0. The van der Waals surface area contributed by atoms with Crippen molar-refractivity contribution in [2.24, 2.45) is 5.73 Å². The van der Waals surface area contributed by atoms with E-state index in [1.165, 1.54) is 4.90 Å². The first-order valence-electron chi connectivity index (χ1n) is 6.08. The van der Waals surface area contributed by atoms with Crippen molar-refractivity contribution in [3.05, 3.63) is 0 Å². The molecule has 18 heavy (non-hydrogen) atoms. The van der Waals surface area contributed by atoms with Crippen molar-refractivity contribution < 1.29 is 18.3 Å². The zero-order valence-corrected chi connectivity index (χ0v) is 11.7. The van der Waals surface area contributed by atoms with E-state index in [-0.39, 0.29) is 19.0 Å². The number of hydrogen-bond donors (Lipinski definition) is 1. The summed E-state index contributed by atoms with van der Waals surface area (Å²) in [5.41, 5.74) is 4.66. The second-order valence-electron chi connectivity index (χ2n) is 5.55. The summed E-state index contributed by atoms with van der Waals surface area (Å²) in [6, 6.07) is -1.33. The first-order valence-corrected chi connectivity index (χ1v) is 6.08. The Kier molecular flexibility index (Phi) is 6.52. The topological polar surface area (TPSA) is 55.6 Å². The van der Waals surface area contributed by atoms with Gasteiger partial charge in [0.25, 0.3) is 6.43 Å². The highest BCUT2D eigenvalue weighted by molar-refractivity contribution is 5.68. The molecule has 0 aliphatic rings. The standard InChI is InChI=1S/C12H24F2N2O2/c1-8(2)16(7-6-9(15)10(13)14)11(17)18-12(3,4)5/h8-10H,6-7,15H2,1-5H3.